The highest BCUT2D eigenvalue weighted by Gasteiger charge is 2.22. The lowest BCUT2D eigenvalue weighted by Crippen LogP contribution is -2.39. The molecule has 1 aliphatic carbocycles. The summed E-state index contributed by atoms with van der Waals surface area (Å²) in [6, 6.07) is 3.07. The molecule has 1 aromatic rings. The van der Waals surface area contributed by atoms with E-state index in [4.69, 9.17) is 12.2 Å². The monoisotopic (exact) mass is 325 g/mol. The van der Waals surface area contributed by atoms with Gasteiger partial charge in [0.2, 0.25) is 5.91 Å². The minimum atomic E-state index is -0.681. The summed E-state index contributed by atoms with van der Waals surface area (Å²) in [5, 5.41) is 15.6. The van der Waals surface area contributed by atoms with E-state index in [0.717, 1.165) is 50.3 Å². The van der Waals surface area contributed by atoms with Crippen LogP contribution in [0, 0.1) is 21.8 Å². The van der Waals surface area contributed by atoms with E-state index < -0.39 is 10.7 Å². The molecule has 0 spiro atoms. The van der Waals surface area contributed by atoms with Crippen molar-refractivity contribution in [1.82, 2.24) is 5.32 Å². The van der Waals surface area contributed by atoms with Crippen LogP contribution in [0.5, 0.6) is 0 Å². The summed E-state index contributed by atoms with van der Waals surface area (Å²) in [6.45, 7) is 0. The molecule has 0 aliphatic heterocycles. The SMILES string of the molecule is O=C(NC(=S)Nc1cc([N+](=O)[O-])ccc1F)C1CCCCC1. The lowest BCUT2D eigenvalue weighted by atomic mass is 9.89. The van der Waals surface area contributed by atoms with Crippen LogP contribution in [0.2, 0.25) is 0 Å². The van der Waals surface area contributed by atoms with Crippen molar-refractivity contribution in [2.75, 3.05) is 5.32 Å². The third kappa shape index (κ3) is 4.20. The lowest BCUT2D eigenvalue weighted by molar-refractivity contribution is -0.384. The van der Waals surface area contributed by atoms with Crippen LogP contribution < -0.4 is 10.6 Å². The van der Waals surface area contributed by atoms with E-state index in [0.29, 0.717) is 0 Å². The van der Waals surface area contributed by atoms with E-state index in [9.17, 15) is 19.3 Å². The molecule has 8 heteroatoms. The van der Waals surface area contributed by atoms with Crippen molar-refractivity contribution in [3.8, 4) is 0 Å². The number of non-ortho nitro benzene ring substituents is 1. The van der Waals surface area contributed by atoms with Crippen molar-refractivity contribution in [3.05, 3.63) is 34.1 Å². The molecule has 2 rings (SSSR count). The highest BCUT2D eigenvalue weighted by molar-refractivity contribution is 7.80. The number of carbonyl (C=O) groups is 1. The normalized spacial score (nSPS) is 15.1. The van der Waals surface area contributed by atoms with Gasteiger partial charge in [-0.1, -0.05) is 19.3 Å². The van der Waals surface area contributed by atoms with Gasteiger partial charge >= 0.3 is 0 Å². The van der Waals surface area contributed by atoms with Crippen LogP contribution in [0.1, 0.15) is 32.1 Å². The topological polar surface area (TPSA) is 84.3 Å². The van der Waals surface area contributed by atoms with Crippen molar-refractivity contribution in [1.29, 1.82) is 0 Å². The first-order valence-electron chi connectivity index (χ1n) is 7.03. The number of carbonyl (C=O) groups excluding carboxylic acids is 1. The summed E-state index contributed by atoms with van der Waals surface area (Å²) in [7, 11) is 0. The molecule has 0 heterocycles. The second kappa shape index (κ2) is 7.26. The zero-order valence-electron chi connectivity index (χ0n) is 11.8. The number of thiocarbonyl (C=S) groups is 1. The lowest BCUT2D eigenvalue weighted by Gasteiger charge is -2.21. The van der Waals surface area contributed by atoms with Gasteiger partial charge in [-0.25, -0.2) is 4.39 Å². The van der Waals surface area contributed by atoms with Crippen molar-refractivity contribution in [3.63, 3.8) is 0 Å². The van der Waals surface area contributed by atoms with Gasteiger partial charge in [0, 0.05) is 18.1 Å². The average Bonchev–Trinajstić information content (AvgIpc) is 2.50. The summed E-state index contributed by atoms with van der Waals surface area (Å²) >= 11 is 4.97. The van der Waals surface area contributed by atoms with E-state index in [1.807, 2.05) is 0 Å². The third-order valence-electron chi connectivity index (χ3n) is 3.62. The molecule has 1 aromatic carbocycles. The van der Waals surface area contributed by atoms with Crippen LogP contribution in [-0.2, 0) is 4.79 Å². The first-order valence-corrected chi connectivity index (χ1v) is 7.44. The largest absolute Gasteiger partial charge is 0.330 e. The van der Waals surface area contributed by atoms with E-state index in [1.54, 1.807) is 0 Å². The van der Waals surface area contributed by atoms with Gasteiger partial charge in [-0.2, -0.15) is 0 Å². The van der Waals surface area contributed by atoms with Gasteiger partial charge in [0.15, 0.2) is 5.11 Å². The van der Waals surface area contributed by atoms with Crippen LogP contribution in [-0.4, -0.2) is 15.9 Å². The van der Waals surface area contributed by atoms with Crippen molar-refractivity contribution >= 4 is 34.6 Å². The quantitative estimate of drug-likeness (QED) is 0.507. The minimum absolute atomic E-state index is 0.0602. The average molecular weight is 325 g/mol. The number of nitrogens with one attached hydrogen (secondary N) is 2. The van der Waals surface area contributed by atoms with E-state index >= 15 is 0 Å². The summed E-state index contributed by atoms with van der Waals surface area (Å²) in [5.74, 6) is -0.952. The molecule has 0 bridgehead atoms. The van der Waals surface area contributed by atoms with Crippen molar-refractivity contribution < 1.29 is 14.1 Å². The minimum Gasteiger partial charge on any atom is -0.330 e. The molecule has 0 unspecified atom stereocenters. The fourth-order valence-corrected chi connectivity index (χ4v) is 2.67. The Balaban J connectivity index is 1.98. The number of benzene rings is 1. The predicted molar refractivity (Wildman–Crippen MR) is 84.0 cm³/mol. The molecule has 118 valence electrons. The van der Waals surface area contributed by atoms with Gasteiger partial charge in [-0.15, -0.1) is 0 Å². The molecule has 1 aliphatic rings. The number of amides is 1. The second-order valence-electron chi connectivity index (χ2n) is 5.20. The number of nitro benzene ring substituents is 1. The zero-order valence-corrected chi connectivity index (χ0v) is 12.6. The zero-order chi connectivity index (χ0) is 16.1. The van der Waals surface area contributed by atoms with Crippen LogP contribution >= 0.6 is 12.2 Å². The number of anilines is 1. The number of hydrogen-bond donors (Lipinski definition) is 2. The smallest absolute Gasteiger partial charge is 0.271 e. The number of halogens is 1. The van der Waals surface area contributed by atoms with Gasteiger partial charge < -0.3 is 10.6 Å². The third-order valence-corrected chi connectivity index (χ3v) is 3.83. The van der Waals surface area contributed by atoms with E-state index in [-0.39, 0.29) is 28.3 Å². The highest BCUT2D eigenvalue weighted by atomic mass is 32.1. The number of hydrogen-bond acceptors (Lipinski definition) is 4. The Morgan fingerprint density at radius 1 is 1.32 bits per heavy atom. The Hall–Kier alpha value is -2.09. The number of nitro groups is 1. The van der Waals surface area contributed by atoms with Crippen molar-refractivity contribution in [2.45, 2.75) is 32.1 Å². The maximum Gasteiger partial charge on any atom is 0.271 e. The van der Waals surface area contributed by atoms with Crippen molar-refractivity contribution in [2.24, 2.45) is 5.92 Å². The first kappa shape index (κ1) is 16.3. The Morgan fingerprint density at radius 2 is 2.00 bits per heavy atom. The van der Waals surface area contributed by atoms with Gasteiger partial charge in [-0.3, -0.25) is 14.9 Å². The Morgan fingerprint density at radius 3 is 2.64 bits per heavy atom. The molecule has 0 atom stereocenters. The van der Waals surface area contributed by atoms with Gasteiger partial charge in [-0.05, 0) is 31.1 Å². The molecule has 0 radical (unpaired) electrons. The Labute approximate surface area is 132 Å². The fourth-order valence-electron chi connectivity index (χ4n) is 2.45. The summed E-state index contributed by atoms with van der Waals surface area (Å²) < 4.78 is 13.6. The highest BCUT2D eigenvalue weighted by Crippen LogP contribution is 2.24. The van der Waals surface area contributed by atoms with Crippen LogP contribution in [0.15, 0.2) is 18.2 Å². The van der Waals surface area contributed by atoms with E-state index in [2.05, 4.69) is 10.6 Å². The number of rotatable bonds is 3. The molecular formula is C14H16FN3O3S. The molecule has 0 saturated heterocycles. The molecular weight excluding hydrogens is 309 g/mol. The maximum absolute atomic E-state index is 13.6. The second-order valence-corrected chi connectivity index (χ2v) is 5.61. The standard InChI is InChI=1S/C14H16FN3O3S/c15-11-7-6-10(18(20)21)8-12(11)16-14(22)17-13(19)9-4-2-1-3-5-9/h6-9H,1-5H2,(H2,16,17,19,22). The summed E-state index contributed by atoms with van der Waals surface area (Å²) in [4.78, 5) is 22.1. The Kier molecular flexibility index (Phi) is 5.37. The molecule has 1 saturated carbocycles. The molecule has 1 fully saturated rings. The van der Waals surface area contributed by atoms with Crippen LogP contribution in [0.3, 0.4) is 0 Å². The molecule has 0 aromatic heterocycles. The fraction of sp³-hybridized carbons (Fsp3) is 0.429. The van der Waals surface area contributed by atoms with Crippen LogP contribution in [0.25, 0.3) is 0 Å². The Bertz CT molecular complexity index is 603. The molecule has 22 heavy (non-hydrogen) atoms. The van der Waals surface area contributed by atoms with E-state index in [1.165, 1.54) is 0 Å². The maximum atomic E-state index is 13.6. The van der Waals surface area contributed by atoms with Crippen LogP contribution in [0.4, 0.5) is 15.8 Å². The molecule has 1 amide bonds. The van der Waals surface area contributed by atoms with Gasteiger partial charge in [0.25, 0.3) is 5.69 Å². The molecule has 6 nitrogen and oxygen atoms in total. The van der Waals surface area contributed by atoms with Gasteiger partial charge in [0.05, 0.1) is 10.6 Å². The van der Waals surface area contributed by atoms with Gasteiger partial charge in [0.1, 0.15) is 5.82 Å². The number of nitrogens with zero attached hydrogens (tertiary/aromatic N) is 1. The first-order chi connectivity index (χ1) is 10.5. The molecule has 2 N–H and O–H groups in total. The summed E-state index contributed by atoms with van der Waals surface area (Å²) in [5.41, 5.74) is -0.395. The predicted octanol–water partition coefficient (Wildman–Crippen LogP) is 3.13. The summed E-state index contributed by atoms with van der Waals surface area (Å²) in [6.07, 6.45) is 4.79.